The monoisotopic (exact) mass is 362 g/mol. The van der Waals surface area contributed by atoms with Crippen molar-refractivity contribution in [2.45, 2.75) is 6.54 Å². The quantitative estimate of drug-likeness (QED) is 0.727. The standard InChI is InChI=1S/C19H18N6O2/c26-18(15-4-2-6-17(10-15)25-8-7-21-19(25)27)23-16-5-1-3-14(9-16)11-24-13-20-12-22-24/h1-6,9-10,12-13H,7-8,11H2,(H,21,27)(H,23,26). The second-order valence-corrected chi connectivity index (χ2v) is 6.18. The summed E-state index contributed by atoms with van der Waals surface area (Å²) in [6, 6.07) is 14.5. The molecule has 0 atom stereocenters. The van der Waals surface area contributed by atoms with Crippen LogP contribution in [0.3, 0.4) is 0 Å². The van der Waals surface area contributed by atoms with E-state index in [0.29, 0.717) is 36.6 Å². The van der Waals surface area contributed by atoms with Crippen molar-refractivity contribution in [3.05, 3.63) is 72.3 Å². The van der Waals surface area contributed by atoms with E-state index in [1.807, 2.05) is 30.3 Å². The van der Waals surface area contributed by atoms with Crippen molar-refractivity contribution in [3.8, 4) is 0 Å². The Morgan fingerprint density at radius 2 is 2.07 bits per heavy atom. The van der Waals surface area contributed by atoms with E-state index in [-0.39, 0.29) is 11.9 Å². The molecule has 2 heterocycles. The fourth-order valence-electron chi connectivity index (χ4n) is 2.99. The van der Waals surface area contributed by atoms with Crippen LogP contribution in [0.5, 0.6) is 0 Å². The van der Waals surface area contributed by atoms with Gasteiger partial charge in [0.25, 0.3) is 5.91 Å². The van der Waals surface area contributed by atoms with E-state index >= 15 is 0 Å². The van der Waals surface area contributed by atoms with Gasteiger partial charge in [-0.15, -0.1) is 0 Å². The summed E-state index contributed by atoms with van der Waals surface area (Å²) in [5, 5.41) is 9.74. The summed E-state index contributed by atoms with van der Waals surface area (Å²) in [6.45, 7) is 1.77. The molecule has 0 saturated carbocycles. The van der Waals surface area contributed by atoms with E-state index < -0.39 is 0 Å². The van der Waals surface area contributed by atoms with Gasteiger partial charge in [0.2, 0.25) is 0 Å². The molecule has 1 saturated heterocycles. The Balaban J connectivity index is 1.48. The number of carbonyl (C=O) groups is 2. The van der Waals surface area contributed by atoms with Crippen molar-refractivity contribution in [1.82, 2.24) is 20.1 Å². The third-order valence-electron chi connectivity index (χ3n) is 4.27. The first-order chi connectivity index (χ1) is 13.2. The van der Waals surface area contributed by atoms with Gasteiger partial charge in [-0.1, -0.05) is 18.2 Å². The Labute approximate surface area is 155 Å². The van der Waals surface area contributed by atoms with Crippen molar-refractivity contribution < 1.29 is 9.59 Å². The van der Waals surface area contributed by atoms with Crippen LogP contribution in [0.15, 0.2) is 61.2 Å². The lowest BCUT2D eigenvalue weighted by Crippen LogP contribution is -2.27. The highest BCUT2D eigenvalue weighted by molar-refractivity contribution is 6.05. The molecular weight excluding hydrogens is 344 g/mol. The molecule has 0 radical (unpaired) electrons. The Hall–Kier alpha value is -3.68. The molecule has 27 heavy (non-hydrogen) atoms. The Morgan fingerprint density at radius 3 is 2.85 bits per heavy atom. The lowest BCUT2D eigenvalue weighted by molar-refractivity contribution is 0.102. The number of carbonyl (C=O) groups excluding carboxylic acids is 2. The fraction of sp³-hybridized carbons (Fsp3) is 0.158. The van der Waals surface area contributed by atoms with Gasteiger partial charge in [0.05, 0.1) is 6.54 Å². The van der Waals surface area contributed by atoms with Crippen molar-refractivity contribution in [3.63, 3.8) is 0 Å². The number of nitrogens with zero attached hydrogens (tertiary/aromatic N) is 4. The molecule has 0 aliphatic carbocycles. The zero-order valence-electron chi connectivity index (χ0n) is 14.5. The van der Waals surface area contributed by atoms with Crippen LogP contribution < -0.4 is 15.5 Å². The van der Waals surface area contributed by atoms with Gasteiger partial charge in [-0.25, -0.2) is 14.5 Å². The first-order valence-electron chi connectivity index (χ1n) is 8.57. The van der Waals surface area contributed by atoms with Crippen LogP contribution in [0.2, 0.25) is 0 Å². The van der Waals surface area contributed by atoms with E-state index in [4.69, 9.17) is 0 Å². The number of hydrogen-bond acceptors (Lipinski definition) is 4. The van der Waals surface area contributed by atoms with Gasteiger partial charge in [-0.05, 0) is 35.9 Å². The van der Waals surface area contributed by atoms with Crippen LogP contribution >= 0.6 is 0 Å². The molecule has 0 bridgehead atoms. The van der Waals surface area contributed by atoms with Gasteiger partial charge in [0, 0.05) is 30.0 Å². The predicted octanol–water partition coefficient (Wildman–Crippen LogP) is 2.11. The minimum atomic E-state index is -0.227. The molecule has 136 valence electrons. The molecule has 3 aromatic rings. The van der Waals surface area contributed by atoms with E-state index in [1.165, 1.54) is 6.33 Å². The molecule has 8 nitrogen and oxygen atoms in total. The van der Waals surface area contributed by atoms with Crippen LogP contribution in [-0.4, -0.2) is 39.8 Å². The van der Waals surface area contributed by atoms with Gasteiger partial charge in [0.1, 0.15) is 12.7 Å². The maximum Gasteiger partial charge on any atom is 0.321 e. The van der Waals surface area contributed by atoms with E-state index in [0.717, 1.165) is 5.56 Å². The maximum absolute atomic E-state index is 12.6. The lowest BCUT2D eigenvalue weighted by Gasteiger charge is -2.15. The van der Waals surface area contributed by atoms with E-state index in [2.05, 4.69) is 20.7 Å². The molecule has 1 fully saturated rings. The Morgan fingerprint density at radius 1 is 1.19 bits per heavy atom. The van der Waals surface area contributed by atoms with Crippen molar-refractivity contribution >= 4 is 23.3 Å². The van der Waals surface area contributed by atoms with Gasteiger partial charge in [-0.3, -0.25) is 9.69 Å². The zero-order chi connectivity index (χ0) is 18.6. The van der Waals surface area contributed by atoms with Gasteiger partial charge in [0.15, 0.2) is 0 Å². The van der Waals surface area contributed by atoms with Crippen molar-refractivity contribution in [1.29, 1.82) is 0 Å². The average Bonchev–Trinajstić information content (AvgIpc) is 3.34. The predicted molar refractivity (Wildman–Crippen MR) is 101 cm³/mol. The number of hydrogen-bond donors (Lipinski definition) is 2. The number of amides is 3. The highest BCUT2D eigenvalue weighted by Gasteiger charge is 2.21. The van der Waals surface area contributed by atoms with Crippen molar-refractivity contribution in [2.75, 3.05) is 23.3 Å². The highest BCUT2D eigenvalue weighted by atomic mass is 16.2. The van der Waals surface area contributed by atoms with Crippen LogP contribution in [0.1, 0.15) is 15.9 Å². The molecule has 4 rings (SSSR count). The summed E-state index contributed by atoms with van der Waals surface area (Å²) in [7, 11) is 0. The van der Waals surface area contributed by atoms with Gasteiger partial charge >= 0.3 is 6.03 Å². The SMILES string of the molecule is O=C(Nc1cccc(Cn2cncn2)c1)c1cccc(N2CCNC2=O)c1. The molecule has 0 unspecified atom stereocenters. The number of rotatable bonds is 5. The summed E-state index contributed by atoms with van der Waals surface area (Å²) in [6.07, 6.45) is 3.13. The van der Waals surface area contributed by atoms with Gasteiger partial charge < -0.3 is 10.6 Å². The first kappa shape index (κ1) is 16.8. The first-order valence-corrected chi connectivity index (χ1v) is 8.57. The fourth-order valence-corrected chi connectivity index (χ4v) is 2.99. The summed E-state index contributed by atoms with van der Waals surface area (Å²) in [5.74, 6) is -0.227. The largest absolute Gasteiger partial charge is 0.336 e. The Kier molecular flexibility index (Phi) is 4.52. The number of benzene rings is 2. The third kappa shape index (κ3) is 3.79. The molecule has 1 aromatic heterocycles. The highest BCUT2D eigenvalue weighted by Crippen LogP contribution is 2.19. The molecule has 1 aliphatic heterocycles. The summed E-state index contributed by atoms with van der Waals surface area (Å²) >= 11 is 0. The average molecular weight is 362 g/mol. The summed E-state index contributed by atoms with van der Waals surface area (Å²) in [5.41, 5.74) is 2.90. The van der Waals surface area contributed by atoms with Crippen LogP contribution in [0.25, 0.3) is 0 Å². The van der Waals surface area contributed by atoms with Gasteiger partial charge in [-0.2, -0.15) is 5.10 Å². The summed E-state index contributed by atoms with van der Waals surface area (Å²) in [4.78, 5) is 30.0. The zero-order valence-corrected chi connectivity index (χ0v) is 14.5. The van der Waals surface area contributed by atoms with Crippen molar-refractivity contribution in [2.24, 2.45) is 0 Å². The van der Waals surface area contributed by atoms with Crippen LogP contribution in [0.4, 0.5) is 16.2 Å². The second-order valence-electron chi connectivity index (χ2n) is 6.18. The third-order valence-corrected chi connectivity index (χ3v) is 4.27. The number of nitrogens with one attached hydrogen (secondary N) is 2. The molecule has 0 spiro atoms. The Bertz CT molecular complexity index is 970. The number of urea groups is 1. The molecule has 8 heteroatoms. The normalized spacial score (nSPS) is 13.5. The molecule has 3 amide bonds. The van der Waals surface area contributed by atoms with Crippen LogP contribution in [-0.2, 0) is 6.54 Å². The molecule has 2 aromatic carbocycles. The van der Waals surface area contributed by atoms with E-state index in [9.17, 15) is 9.59 Å². The second kappa shape index (κ2) is 7.28. The molecule has 2 N–H and O–H groups in total. The number of aromatic nitrogens is 3. The molecule has 1 aliphatic rings. The smallest absolute Gasteiger partial charge is 0.321 e. The topological polar surface area (TPSA) is 92.2 Å². The molecular formula is C19H18N6O2. The minimum absolute atomic E-state index is 0.145. The number of anilines is 2. The minimum Gasteiger partial charge on any atom is -0.336 e. The summed E-state index contributed by atoms with van der Waals surface area (Å²) < 4.78 is 1.71. The lowest BCUT2D eigenvalue weighted by atomic mass is 10.1. The van der Waals surface area contributed by atoms with E-state index in [1.54, 1.807) is 34.1 Å². The van der Waals surface area contributed by atoms with Crippen LogP contribution in [0, 0.1) is 0 Å². The maximum atomic E-state index is 12.6.